The molecular weight excluding hydrogens is 532 g/mol. The van der Waals surface area contributed by atoms with Crippen molar-refractivity contribution in [3.8, 4) is 5.75 Å². The molecule has 196 valence electrons. The smallest absolute Gasteiger partial charge is 0.289 e. The number of nitrogens with zero attached hydrogens (tertiary/aromatic N) is 1. The Kier molecular flexibility index (Phi) is 6.66. The Bertz CT molecular complexity index is 1300. The molecule has 3 saturated carbocycles. The SMILES string of the molecule is O=C(NF)[C@@H](Oc1ccc(Cl)c(F)c1)C12CCC(N3CC(c4ccc(Cl)c(F)c4)=CC3=O)(CC1)CC2O. The van der Waals surface area contributed by atoms with Gasteiger partial charge in [-0.25, -0.2) is 8.78 Å². The molecule has 11 heteroatoms. The van der Waals surface area contributed by atoms with Crippen LogP contribution in [0.2, 0.25) is 10.0 Å². The number of ether oxygens (including phenoxy) is 1. The van der Waals surface area contributed by atoms with Crippen LogP contribution in [-0.2, 0) is 9.59 Å². The molecule has 2 atom stereocenters. The number of aliphatic hydroxyl groups excluding tert-OH is 1. The Morgan fingerprint density at radius 1 is 1.08 bits per heavy atom. The third kappa shape index (κ3) is 4.36. The van der Waals surface area contributed by atoms with Gasteiger partial charge in [0.1, 0.15) is 17.4 Å². The number of nitrogens with one attached hydrogen (secondary N) is 1. The lowest BCUT2D eigenvalue weighted by Gasteiger charge is -2.60. The number of halogens is 5. The molecule has 2 amide bonds. The average molecular weight is 555 g/mol. The van der Waals surface area contributed by atoms with E-state index < -0.39 is 40.7 Å². The van der Waals surface area contributed by atoms with Gasteiger partial charge in [0.15, 0.2) is 6.10 Å². The molecule has 3 aliphatic carbocycles. The summed E-state index contributed by atoms with van der Waals surface area (Å²) in [5.74, 6) is -2.72. The summed E-state index contributed by atoms with van der Waals surface area (Å²) in [7, 11) is 0. The van der Waals surface area contributed by atoms with Gasteiger partial charge in [0, 0.05) is 29.6 Å². The monoisotopic (exact) mass is 554 g/mol. The summed E-state index contributed by atoms with van der Waals surface area (Å²) in [4.78, 5) is 27.3. The number of amides is 2. The van der Waals surface area contributed by atoms with Crippen molar-refractivity contribution in [2.24, 2.45) is 5.41 Å². The molecule has 1 aliphatic heterocycles. The zero-order chi connectivity index (χ0) is 26.5. The van der Waals surface area contributed by atoms with Gasteiger partial charge in [0.25, 0.3) is 5.91 Å². The number of fused-ring (bicyclic) bond motifs is 3. The second kappa shape index (κ2) is 9.53. The number of carbonyl (C=O) groups excluding carboxylic acids is 2. The van der Waals surface area contributed by atoms with Crippen LogP contribution in [0.1, 0.15) is 37.7 Å². The van der Waals surface area contributed by atoms with Gasteiger partial charge in [-0.3, -0.25) is 9.59 Å². The van der Waals surface area contributed by atoms with Crippen LogP contribution in [0.5, 0.6) is 5.75 Å². The van der Waals surface area contributed by atoms with Crippen LogP contribution in [0, 0.1) is 17.0 Å². The summed E-state index contributed by atoms with van der Waals surface area (Å²) in [5, 5.41) is 11.2. The number of benzene rings is 2. The minimum absolute atomic E-state index is 0.0152. The van der Waals surface area contributed by atoms with E-state index in [4.69, 9.17) is 27.9 Å². The fourth-order valence-electron chi connectivity index (χ4n) is 6.06. The van der Waals surface area contributed by atoms with E-state index in [1.165, 1.54) is 30.3 Å². The number of carbonyl (C=O) groups is 2. The van der Waals surface area contributed by atoms with Crippen molar-refractivity contribution in [2.75, 3.05) is 6.54 Å². The zero-order valence-corrected chi connectivity index (χ0v) is 21.0. The second-order valence-corrected chi connectivity index (χ2v) is 10.7. The molecule has 37 heavy (non-hydrogen) atoms. The lowest BCUT2D eigenvalue weighted by atomic mass is 9.53. The van der Waals surface area contributed by atoms with Crippen molar-refractivity contribution < 1.29 is 32.7 Å². The van der Waals surface area contributed by atoms with Crippen molar-refractivity contribution >= 4 is 40.6 Å². The number of hydrogen-bond acceptors (Lipinski definition) is 4. The Morgan fingerprint density at radius 3 is 2.32 bits per heavy atom. The standard InChI is InChI=1S/C26H23Cl2F3N2O4/c27-17-3-1-14(9-19(17)29)15-10-22(35)33(13-15)25-5-7-26(8-6-25,21(34)12-25)23(24(36)32-31)37-16-2-4-18(28)20(30)11-16/h1-4,9-11,21,23,34H,5-8,12-13H2,(H,32,36)/t21?,23-,25?,26?/m1/s1. The first-order chi connectivity index (χ1) is 17.6. The van der Waals surface area contributed by atoms with Gasteiger partial charge in [-0.05, 0) is 67.5 Å². The molecule has 0 aromatic heterocycles. The van der Waals surface area contributed by atoms with E-state index in [9.17, 15) is 28.0 Å². The molecule has 1 unspecified atom stereocenters. The quantitative estimate of drug-likeness (QED) is 0.492. The molecule has 0 radical (unpaired) electrons. The Labute approximate surface area is 220 Å². The first-order valence-corrected chi connectivity index (χ1v) is 12.5. The summed E-state index contributed by atoms with van der Waals surface area (Å²) < 4.78 is 47.1. The fourth-order valence-corrected chi connectivity index (χ4v) is 6.29. The van der Waals surface area contributed by atoms with Gasteiger partial charge in [-0.2, -0.15) is 5.54 Å². The van der Waals surface area contributed by atoms with Crippen LogP contribution in [0.4, 0.5) is 13.3 Å². The van der Waals surface area contributed by atoms with Crippen LogP contribution >= 0.6 is 23.2 Å². The number of rotatable bonds is 6. The van der Waals surface area contributed by atoms with Gasteiger partial charge in [-0.15, -0.1) is 4.48 Å². The van der Waals surface area contributed by atoms with Crippen LogP contribution < -0.4 is 10.3 Å². The largest absolute Gasteiger partial charge is 0.480 e. The van der Waals surface area contributed by atoms with E-state index in [1.807, 2.05) is 0 Å². The maximum atomic E-state index is 14.0. The van der Waals surface area contributed by atoms with Crippen molar-refractivity contribution in [3.05, 3.63) is 69.7 Å². The van der Waals surface area contributed by atoms with Gasteiger partial charge >= 0.3 is 0 Å². The molecule has 1 heterocycles. The topological polar surface area (TPSA) is 78.9 Å². The van der Waals surface area contributed by atoms with Gasteiger partial charge in [-0.1, -0.05) is 29.3 Å². The second-order valence-electron chi connectivity index (χ2n) is 9.93. The minimum Gasteiger partial charge on any atom is -0.480 e. The predicted molar refractivity (Wildman–Crippen MR) is 130 cm³/mol. The Morgan fingerprint density at radius 2 is 1.73 bits per heavy atom. The summed E-state index contributed by atoms with van der Waals surface area (Å²) in [6.07, 6.45) is 0.432. The molecule has 2 aromatic carbocycles. The van der Waals surface area contributed by atoms with Crippen molar-refractivity contribution in [3.63, 3.8) is 0 Å². The van der Waals surface area contributed by atoms with E-state index >= 15 is 0 Å². The highest BCUT2D eigenvalue weighted by Crippen LogP contribution is 2.57. The fraction of sp³-hybridized carbons (Fsp3) is 0.385. The predicted octanol–water partition coefficient (Wildman–Crippen LogP) is 5.01. The molecular formula is C26H23Cl2F3N2O4. The number of hydrogen-bond donors (Lipinski definition) is 2. The van der Waals surface area contributed by atoms with Crippen LogP contribution in [0.15, 0.2) is 42.5 Å². The minimum atomic E-state index is -1.44. The van der Waals surface area contributed by atoms with Crippen molar-refractivity contribution in [2.45, 2.75) is 49.9 Å². The van der Waals surface area contributed by atoms with E-state index in [0.717, 1.165) is 11.6 Å². The summed E-state index contributed by atoms with van der Waals surface area (Å²) in [5.41, 5.74) is 0.440. The van der Waals surface area contributed by atoms with E-state index in [1.54, 1.807) is 11.0 Å². The molecule has 6 rings (SSSR count). The Balaban J connectivity index is 1.37. The summed E-state index contributed by atoms with van der Waals surface area (Å²) in [6, 6.07) is 7.97. The lowest BCUT2D eigenvalue weighted by Crippen LogP contribution is -2.67. The third-order valence-electron chi connectivity index (χ3n) is 8.10. The van der Waals surface area contributed by atoms with Gasteiger partial charge in [0.05, 0.1) is 16.1 Å². The van der Waals surface area contributed by atoms with Crippen LogP contribution in [0.3, 0.4) is 0 Å². The maximum Gasteiger partial charge on any atom is 0.289 e. The summed E-state index contributed by atoms with van der Waals surface area (Å²) >= 11 is 11.5. The molecule has 4 aliphatic rings. The molecule has 2 N–H and O–H groups in total. The highest BCUT2D eigenvalue weighted by molar-refractivity contribution is 6.31. The van der Waals surface area contributed by atoms with Crippen molar-refractivity contribution in [1.82, 2.24) is 10.4 Å². The van der Waals surface area contributed by atoms with Gasteiger partial charge in [0.2, 0.25) is 5.91 Å². The van der Waals surface area contributed by atoms with Gasteiger partial charge < -0.3 is 14.7 Å². The van der Waals surface area contributed by atoms with E-state index in [0.29, 0.717) is 24.0 Å². The molecule has 6 nitrogen and oxygen atoms in total. The first kappa shape index (κ1) is 25.9. The lowest BCUT2D eigenvalue weighted by molar-refractivity contribution is -0.182. The Hall–Kier alpha value is -2.75. The average Bonchev–Trinajstić information content (AvgIpc) is 3.29. The van der Waals surface area contributed by atoms with E-state index in [2.05, 4.69) is 0 Å². The maximum absolute atomic E-state index is 14.0. The molecule has 2 bridgehead atoms. The normalized spacial score (nSPS) is 27.7. The van der Waals surface area contributed by atoms with Crippen LogP contribution in [-0.4, -0.2) is 46.1 Å². The van der Waals surface area contributed by atoms with E-state index in [-0.39, 0.29) is 47.5 Å². The van der Waals surface area contributed by atoms with Crippen LogP contribution in [0.25, 0.3) is 5.57 Å². The highest BCUT2D eigenvalue weighted by Gasteiger charge is 2.62. The van der Waals surface area contributed by atoms with Crippen molar-refractivity contribution in [1.29, 1.82) is 0 Å². The first-order valence-electron chi connectivity index (χ1n) is 11.8. The summed E-state index contributed by atoms with van der Waals surface area (Å²) in [6.45, 7) is 0.231. The third-order valence-corrected chi connectivity index (χ3v) is 8.72. The molecule has 0 saturated heterocycles. The number of aliphatic hydroxyl groups is 1. The molecule has 0 spiro atoms. The molecule has 2 aromatic rings. The molecule has 3 fully saturated rings. The zero-order valence-electron chi connectivity index (χ0n) is 19.4. The highest BCUT2D eigenvalue weighted by atomic mass is 35.5.